The van der Waals surface area contributed by atoms with Crippen molar-refractivity contribution < 1.29 is 9.53 Å². The molecule has 1 aliphatic rings. The van der Waals surface area contributed by atoms with Crippen molar-refractivity contribution in [3.05, 3.63) is 40.3 Å². The SMILES string of the molecule is CC[C@@H]1CCc2c(sc(N)c2C(=O)Nc2ccc(OC)cc2)C1. The Bertz CT molecular complexity index is 707. The average Bonchev–Trinajstić information content (AvgIpc) is 2.90. The minimum Gasteiger partial charge on any atom is -0.497 e. The lowest BCUT2D eigenvalue weighted by Crippen LogP contribution is -2.18. The van der Waals surface area contributed by atoms with E-state index in [0.29, 0.717) is 10.6 Å². The lowest BCUT2D eigenvalue weighted by Gasteiger charge is -2.21. The topological polar surface area (TPSA) is 64.4 Å². The highest BCUT2D eigenvalue weighted by Gasteiger charge is 2.27. The van der Waals surface area contributed by atoms with Crippen LogP contribution in [0.25, 0.3) is 0 Å². The van der Waals surface area contributed by atoms with Crippen molar-refractivity contribution in [1.82, 2.24) is 0 Å². The zero-order chi connectivity index (χ0) is 16.4. The molecular weight excluding hydrogens is 308 g/mol. The van der Waals surface area contributed by atoms with Crippen molar-refractivity contribution in [1.29, 1.82) is 0 Å². The Morgan fingerprint density at radius 2 is 2.13 bits per heavy atom. The van der Waals surface area contributed by atoms with Crippen molar-refractivity contribution in [3.8, 4) is 5.75 Å². The zero-order valence-electron chi connectivity index (χ0n) is 13.5. The molecule has 0 aliphatic heterocycles. The molecule has 1 aliphatic carbocycles. The molecule has 3 N–H and O–H groups in total. The lowest BCUT2D eigenvalue weighted by molar-refractivity contribution is 0.102. The van der Waals surface area contributed by atoms with Gasteiger partial charge < -0.3 is 15.8 Å². The molecule has 1 amide bonds. The van der Waals surface area contributed by atoms with Gasteiger partial charge in [-0.05, 0) is 55.0 Å². The first-order chi connectivity index (χ1) is 11.1. The van der Waals surface area contributed by atoms with Gasteiger partial charge in [-0.15, -0.1) is 11.3 Å². The number of methoxy groups -OCH3 is 1. The molecule has 1 aromatic carbocycles. The number of hydrogen-bond donors (Lipinski definition) is 2. The van der Waals surface area contributed by atoms with Crippen LogP contribution >= 0.6 is 11.3 Å². The fraction of sp³-hybridized carbons (Fsp3) is 0.389. The predicted octanol–water partition coefficient (Wildman–Crippen LogP) is 4.11. The van der Waals surface area contributed by atoms with Crippen molar-refractivity contribution in [2.45, 2.75) is 32.6 Å². The Labute approximate surface area is 140 Å². The van der Waals surface area contributed by atoms with Crippen molar-refractivity contribution in [2.75, 3.05) is 18.2 Å². The highest BCUT2D eigenvalue weighted by Crippen LogP contribution is 2.39. The summed E-state index contributed by atoms with van der Waals surface area (Å²) in [5, 5.41) is 3.58. The molecular formula is C18H22N2O2S. The Morgan fingerprint density at radius 1 is 1.39 bits per heavy atom. The number of benzene rings is 1. The summed E-state index contributed by atoms with van der Waals surface area (Å²) in [7, 11) is 1.62. The van der Waals surface area contributed by atoms with Crippen LogP contribution in [0.3, 0.4) is 0 Å². The Morgan fingerprint density at radius 3 is 2.78 bits per heavy atom. The Hall–Kier alpha value is -2.01. The van der Waals surface area contributed by atoms with Crippen LogP contribution in [0.2, 0.25) is 0 Å². The van der Waals surface area contributed by atoms with E-state index in [1.165, 1.54) is 11.3 Å². The van der Waals surface area contributed by atoms with E-state index in [4.69, 9.17) is 10.5 Å². The van der Waals surface area contributed by atoms with Gasteiger partial charge in [-0.1, -0.05) is 13.3 Å². The average molecular weight is 330 g/mol. The van der Waals surface area contributed by atoms with Crippen molar-refractivity contribution >= 4 is 27.9 Å². The van der Waals surface area contributed by atoms with E-state index < -0.39 is 0 Å². The van der Waals surface area contributed by atoms with Crippen LogP contribution in [0.4, 0.5) is 10.7 Å². The van der Waals surface area contributed by atoms with Gasteiger partial charge in [0.05, 0.1) is 17.7 Å². The van der Waals surface area contributed by atoms with Crippen LogP contribution in [-0.4, -0.2) is 13.0 Å². The van der Waals surface area contributed by atoms with Gasteiger partial charge in [0.1, 0.15) is 5.75 Å². The minimum absolute atomic E-state index is 0.111. The normalized spacial score (nSPS) is 16.7. The second kappa shape index (κ2) is 6.62. The summed E-state index contributed by atoms with van der Waals surface area (Å²) in [5.41, 5.74) is 8.73. The Balaban J connectivity index is 1.81. The summed E-state index contributed by atoms with van der Waals surface area (Å²) in [4.78, 5) is 13.9. The zero-order valence-corrected chi connectivity index (χ0v) is 14.3. The summed E-state index contributed by atoms with van der Waals surface area (Å²) >= 11 is 1.58. The first-order valence-electron chi connectivity index (χ1n) is 7.97. The smallest absolute Gasteiger partial charge is 0.258 e. The number of anilines is 2. The third-order valence-corrected chi connectivity index (χ3v) is 5.63. The van der Waals surface area contributed by atoms with E-state index in [2.05, 4.69) is 12.2 Å². The molecule has 0 bridgehead atoms. The summed E-state index contributed by atoms with van der Waals surface area (Å²) < 4.78 is 5.13. The predicted molar refractivity (Wildman–Crippen MR) is 95.5 cm³/mol. The maximum atomic E-state index is 12.7. The molecule has 5 heteroatoms. The molecule has 0 saturated heterocycles. The second-order valence-corrected chi connectivity index (χ2v) is 7.08. The number of fused-ring (bicyclic) bond motifs is 1. The number of nitrogens with one attached hydrogen (secondary N) is 1. The molecule has 23 heavy (non-hydrogen) atoms. The molecule has 0 saturated carbocycles. The molecule has 0 radical (unpaired) electrons. The number of amides is 1. The number of carbonyl (C=O) groups is 1. The minimum atomic E-state index is -0.111. The van der Waals surface area contributed by atoms with E-state index in [1.807, 2.05) is 24.3 Å². The molecule has 0 fully saturated rings. The van der Waals surface area contributed by atoms with E-state index in [-0.39, 0.29) is 5.91 Å². The van der Waals surface area contributed by atoms with Gasteiger partial charge in [-0.25, -0.2) is 0 Å². The molecule has 1 atom stereocenters. The van der Waals surface area contributed by atoms with Crippen LogP contribution in [0, 0.1) is 5.92 Å². The third-order valence-electron chi connectivity index (χ3n) is 4.55. The second-order valence-electron chi connectivity index (χ2n) is 5.94. The number of hydrogen-bond acceptors (Lipinski definition) is 4. The quantitative estimate of drug-likeness (QED) is 0.887. The van der Waals surface area contributed by atoms with Crippen LogP contribution in [-0.2, 0) is 12.8 Å². The molecule has 1 heterocycles. The molecule has 0 unspecified atom stereocenters. The molecule has 122 valence electrons. The highest BCUT2D eigenvalue weighted by molar-refractivity contribution is 7.16. The van der Waals surface area contributed by atoms with Gasteiger partial charge in [-0.2, -0.15) is 0 Å². The van der Waals surface area contributed by atoms with Gasteiger partial charge in [0, 0.05) is 10.6 Å². The summed E-state index contributed by atoms with van der Waals surface area (Å²) in [5.74, 6) is 1.37. The summed E-state index contributed by atoms with van der Waals surface area (Å²) in [6.07, 6.45) is 4.33. The number of rotatable bonds is 4. The lowest BCUT2D eigenvalue weighted by atomic mass is 9.85. The Kier molecular flexibility index (Phi) is 4.57. The molecule has 0 spiro atoms. The maximum absolute atomic E-state index is 12.7. The molecule has 4 nitrogen and oxygen atoms in total. The van der Waals surface area contributed by atoms with Gasteiger partial charge in [0.15, 0.2) is 0 Å². The van der Waals surface area contributed by atoms with Gasteiger partial charge in [-0.3, -0.25) is 4.79 Å². The van der Waals surface area contributed by atoms with Crippen LogP contribution < -0.4 is 15.8 Å². The van der Waals surface area contributed by atoms with Gasteiger partial charge in [0.25, 0.3) is 5.91 Å². The van der Waals surface area contributed by atoms with Gasteiger partial charge in [0.2, 0.25) is 0 Å². The maximum Gasteiger partial charge on any atom is 0.258 e. The summed E-state index contributed by atoms with van der Waals surface area (Å²) in [6.45, 7) is 2.23. The number of carbonyl (C=O) groups excluding carboxylic acids is 1. The van der Waals surface area contributed by atoms with E-state index in [1.54, 1.807) is 18.4 Å². The van der Waals surface area contributed by atoms with Crippen LogP contribution in [0.5, 0.6) is 5.75 Å². The van der Waals surface area contributed by atoms with Gasteiger partial charge >= 0.3 is 0 Å². The number of ether oxygens (including phenoxy) is 1. The number of nitrogens with two attached hydrogens (primary N) is 1. The van der Waals surface area contributed by atoms with E-state index in [9.17, 15) is 4.79 Å². The van der Waals surface area contributed by atoms with E-state index >= 15 is 0 Å². The third kappa shape index (κ3) is 3.20. The van der Waals surface area contributed by atoms with Crippen molar-refractivity contribution in [2.24, 2.45) is 5.92 Å². The van der Waals surface area contributed by atoms with Crippen LogP contribution in [0.1, 0.15) is 40.6 Å². The molecule has 2 aromatic rings. The summed E-state index contributed by atoms with van der Waals surface area (Å²) in [6, 6.07) is 7.32. The van der Waals surface area contributed by atoms with E-state index in [0.717, 1.165) is 42.2 Å². The molecule has 1 aromatic heterocycles. The monoisotopic (exact) mass is 330 g/mol. The fourth-order valence-electron chi connectivity index (χ4n) is 3.14. The fourth-order valence-corrected chi connectivity index (χ4v) is 4.37. The molecule has 3 rings (SSSR count). The largest absolute Gasteiger partial charge is 0.497 e. The first-order valence-corrected chi connectivity index (χ1v) is 8.79. The number of thiophene rings is 1. The van der Waals surface area contributed by atoms with Crippen LogP contribution in [0.15, 0.2) is 24.3 Å². The number of nitrogen functional groups attached to an aromatic ring is 1. The highest BCUT2D eigenvalue weighted by atomic mass is 32.1. The standard InChI is InChI=1S/C18H22N2O2S/c1-3-11-4-9-14-15(10-11)23-17(19)16(14)18(21)20-12-5-7-13(22-2)8-6-12/h5-8,11H,3-4,9-10,19H2,1-2H3,(H,20,21)/t11-/m1/s1. The van der Waals surface area contributed by atoms with Crippen molar-refractivity contribution in [3.63, 3.8) is 0 Å². The first kappa shape index (κ1) is 15.9.